The molecule has 2 N–H and O–H groups in total. The van der Waals surface area contributed by atoms with E-state index in [1.165, 1.54) is 24.3 Å². The van der Waals surface area contributed by atoms with Crippen LogP contribution in [0, 0.1) is 16.0 Å². The number of non-ortho nitro benzene ring substituents is 1. The maximum atomic E-state index is 11.8. The highest BCUT2D eigenvalue weighted by molar-refractivity contribution is 7.88. The quantitative estimate of drug-likeness (QED) is 0.546. The van der Waals surface area contributed by atoms with Crippen molar-refractivity contribution in [3.63, 3.8) is 0 Å². The van der Waals surface area contributed by atoms with E-state index in [0.29, 0.717) is 12.0 Å². The number of nitro groups is 1. The van der Waals surface area contributed by atoms with Crippen LogP contribution in [0.4, 0.5) is 5.69 Å². The zero-order chi connectivity index (χ0) is 16.0. The molecule has 0 aliphatic rings. The lowest BCUT2D eigenvalue weighted by Crippen LogP contribution is -2.33. The maximum absolute atomic E-state index is 11.8. The Kier molecular flexibility index (Phi) is 5.79. The number of hydrogen-bond acceptors (Lipinski definition) is 5. The Morgan fingerprint density at radius 1 is 1.38 bits per heavy atom. The highest BCUT2D eigenvalue weighted by Crippen LogP contribution is 2.13. The van der Waals surface area contributed by atoms with Gasteiger partial charge in [-0.2, -0.15) is 0 Å². The van der Waals surface area contributed by atoms with Gasteiger partial charge in [-0.25, -0.2) is 13.1 Å². The molecule has 0 fully saturated rings. The van der Waals surface area contributed by atoms with Crippen molar-refractivity contribution in [2.45, 2.75) is 19.1 Å². The molecule has 8 nitrogen and oxygen atoms in total. The van der Waals surface area contributed by atoms with Crippen LogP contribution in [0.25, 0.3) is 0 Å². The summed E-state index contributed by atoms with van der Waals surface area (Å²) in [6, 6.07) is 5.14. The molecule has 1 unspecified atom stereocenters. The minimum absolute atomic E-state index is 0.124. The molecule has 0 bridgehead atoms. The number of benzene rings is 1. The number of nitrogens with zero attached hydrogens (tertiary/aromatic N) is 1. The molecule has 0 saturated heterocycles. The lowest BCUT2D eigenvalue weighted by molar-refractivity contribution is -0.384. The molecular weight excluding hydrogens is 300 g/mol. The predicted molar refractivity (Wildman–Crippen MR) is 75.1 cm³/mol. The summed E-state index contributed by atoms with van der Waals surface area (Å²) in [5.41, 5.74) is 0.262. The standard InChI is InChI=1S/C12H16N2O6S/c1-2-10(12(15)16)7-13-21(19,20)8-9-3-5-11(6-4-9)14(17)18/h3-6,10,13H,2,7-8H2,1H3,(H,15,16). The van der Waals surface area contributed by atoms with Crippen LogP contribution in [-0.4, -0.2) is 31.0 Å². The van der Waals surface area contributed by atoms with Crippen molar-refractivity contribution in [1.82, 2.24) is 4.72 Å². The predicted octanol–water partition coefficient (Wildman–Crippen LogP) is 1.12. The van der Waals surface area contributed by atoms with Gasteiger partial charge in [-0.05, 0) is 12.0 Å². The van der Waals surface area contributed by atoms with Gasteiger partial charge in [-0.15, -0.1) is 0 Å². The van der Waals surface area contributed by atoms with Gasteiger partial charge in [0.2, 0.25) is 10.0 Å². The molecule has 1 atom stereocenters. The Balaban J connectivity index is 2.67. The molecule has 0 saturated carbocycles. The first-order valence-corrected chi connectivity index (χ1v) is 7.84. The Morgan fingerprint density at radius 2 is 1.95 bits per heavy atom. The largest absolute Gasteiger partial charge is 0.481 e. The average molecular weight is 316 g/mol. The van der Waals surface area contributed by atoms with Crippen LogP contribution in [0.5, 0.6) is 0 Å². The van der Waals surface area contributed by atoms with Crippen LogP contribution in [0.2, 0.25) is 0 Å². The second-order valence-electron chi connectivity index (χ2n) is 4.47. The smallest absolute Gasteiger partial charge is 0.307 e. The first kappa shape index (κ1) is 17.1. The van der Waals surface area contributed by atoms with Crippen molar-refractivity contribution in [2.75, 3.05) is 6.54 Å². The van der Waals surface area contributed by atoms with Crippen LogP contribution < -0.4 is 4.72 Å². The van der Waals surface area contributed by atoms with E-state index >= 15 is 0 Å². The molecule has 0 aliphatic carbocycles. The van der Waals surface area contributed by atoms with Crippen molar-refractivity contribution in [3.05, 3.63) is 39.9 Å². The second kappa shape index (κ2) is 7.14. The highest BCUT2D eigenvalue weighted by atomic mass is 32.2. The molecule has 1 rings (SSSR count). The van der Waals surface area contributed by atoms with Crippen molar-refractivity contribution < 1.29 is 23.2 Å². The summed E-state index contributed by atoms with van der Waals surface area (Å²) in [5, 5.41) is 19.3. The van der Waals surface area contributed by atoms with Gasteiger partial charge in [0, 0.05) is 18.7 Å². The molecule has 0 radical (unpaired) electrons. The van der Waals surface area contributed by atoms with E-state index < -0.39 is 26.8 Å². The number of hydrogen-bond donors (Lipinski definition) is 2. The van der Waals surface area contributed by atoms with Crippen LogP contribution in [-0.2, 0) is 20.6 Å². The van der Waals surface area contributed by atoms with E-state index in [9.17, 15) is 23.3 Å². The average Bonchev–Trinajstić information content (AvgIpc) is 2.39. The minimum Gasteiger partial charge on any atom is -0.481 e. The molecule has 116 valence electrons. The molecule has 1 aromatic rings. The lowest BCUT2D eigenvalue weighted by Gasteiger charge is -2.11. The van der Waals surface area contributed by atoms with Gasteiger partial charge in [-0.1, -0.05) is 19.1 Å². The van der Waals surface area contributed by atoms with E-state index in [1.807, 2.05) is 0 Å². The Bertz CT molecular complexity index is 611. The lowest BCUT2D eigenvalue weighted by atomic mass is 10.1. The molecular formula is C12H16N2O6S. The molecule has 9 heteroatoms. The Morgan fingerprint density at radius 3 is 2.38 bits per heavy atom. The van der Waals surface area contributed by atoms with Gasteiger partial charge >= 0.3 is 5.97 Å². The third-order valence-corrected chi connectivity index (χ3v) is 4.22. The van der Waals surface area contributed by atoms with Gasteiger partial charge in [0.1, 0.15) is 0 Å². The molecule has 21 heavy (non-hydrogen) atoms. The monoisotopic (exact) mass is 316 g/mol. The number of nitrogens with one attached hydrogen (secondary N) is 1. The summed E-state index contributed by atoms with van der Waals surface area (Å²) >= 11 is 0. The van der Waals surface area contributed by atoms with E-state index in [1.54, 1.807) is 6.92 Å². The van der Waals surface area contributed by atoms with Crippen molar-refractivity contribution in [1.29, 1.82) is 0 Å². The van der Waals surface area contributed by atoms with Crippen LogP contribution >= 0.6 is 0 Å². The molecule has 0 heterocycles. The van der Waals surface area contributed by atoms with Crippen LogP contribution in [0.15, 0.2) is 24.3 Å². The topological polar surface area (TPSA) is 127 Å². The Hall–Kier alpha value is -2.00. The molecule has 1 aromatic carbocycles. The van der Waals surface area contributed by atoms with Crippen molar-refractivity contribution >= 4 is 21.7 Å². The number of rotatable bonds is 8. The van der Waals surface area contributed by atoms with Crippen LogP contribution in [0.3, 0.4) is 0 Å². The molecule has 0 spiro atoms. The van der Waals surface area contributed by atoms with Gasteiger partial charge < -0.3 is 5.11 Å². The number of carboxylic acids is 1. The maximum Gasteiger partial charge on any atom is 0.307 e. The number of nitro benzene ring substituents is 1. The third-order valence-electron chi connectivity index (χ3n) is 2.90. The number of carboxylic acid groups (broad SMARTS) is 1. The van der Waals surface area contributed by atoms with Crippen molar-refractivity contribution in [3.8, 4) is 0 Å². The summed E-state index contributed by atoms with van der Waals surface area (Å²) in [6.07, 6.45) is 0.315. The van der Waals surface area contributed by atoms with E-state index in [0.717, 1.165) is 0 Å². The summed E-state index contributed by atoms with van der Waals surface area (Å²) in [7, 11) is -3.69. The zero-order valence-corrected chi connectivity index (χ0v) is 12.2. The molecule has 0 aromatic heterocycles. The fourth-order valence-electron chi connectivity index (χ4n) is 1.62. The highest BCUT2D eigenvalue weighted by Gasteiger charge is 2.19. The number of sulfonamides is 1. The van der Waals surface area contributed by atoms with E-state index in [2.05, 4.69) is 4.72 Å². The minimum atomic E-state index is -3.69. The van der Waals surface area contributed by atoms with Gasteiger partial charge in [-0.3, -0.25) is 14.9 Å². The number of carbonyl (C=O) groups is 1. The molecule has 0 aliphatic heterocycles. The fourth-order valence-corrected chi connectivity index (χ4v) is 2.81. The Labute approximate surface area is 122 Å². The zero-order valence-electron chi connectivity index (χ0n) is 11.4. The van der Waals surface area contributed by atoms with E-state index in [-0.39, 0.29) is 18.0 Å². The first-order valence-electron chi connectivity index (χ1n) is 6.18. The third kappa shape index (κ3) is 5.48. The summed E-state index contributed by atoms with van der Waals surface area (Å²) in [6.45, 7) is 1.48. The summed E-state index contributed by atoms with van der Waals surface area (Å²) < 4.78 is 25.9. The van der Waals surface area contributed by atoms with Crippen molar-refractivity contribution in [2.24, 2.45) is 5.92 Å². The first-order chi connectivity index (χ1) is 9.75. The summed E-state index contributed by atoms with van der Waals surface area (Å²) in [4.78, 5) is 20.7. The SMILES string of the molecule is CCC(CNS(=O)(=O)Cc1ccc([N+](=O)[O-])cc1)C(=O)O. The second-order valence-corrected chi connectivity index (χ2v) is 6.28. The molecule has 0 amide bonds. The summed E-state index contributed by atoms with van der Waals surface area (Å²) in [5.74, 6) is -2.20. The number of aliphatic carboxylic acids is 1. The van der Waals surface area contributed by atoms with Gasteiger partial charge in [0.25, 0.3) is 5.69 Å². The van der Waals surface area contributed by atoms with Gasteiger partial charge in [0.05, 0.1) is 16.6 Å². The normalized spacial score (nSPS) is 12.8. The fraction of sp³-hybridized carbons (Fsp3) is 0.417. The van der Waals surface area contributed by atoms with E-state index in [4.69, 9.17) is 5.11 Å². The van der Waals surface area contributed by atoms with Crippen LogP contribution in [0.1, 0.15) is 18.9 Å². The van der Waals surface area contributed by atoms with Gasteiger partial charge in [0.15, 0.2) is 0 Å².